The highest BCUT2D eigenvalue weighted by Gasteiger charge is 2.36. The predicted octanol–water partition coefficient (Wildman–Crippen LogP) is 0.671. The van der Waals surface area contributed by atoms with Crippen LogP contribution in [0.3, 0.4) is 0 Å². The fourth-order valence-corrected chi connectivity index (χ4v) is 3.89. The standard InChI is InChI=1S/C13H17NO5S/c15-7-6-14(12-4-5-12)20(18,19)9-10-2-1-3-11(8-10)13(16)17/h1-3,8,12,15H,4-7,9H2,(H,16,17). The van der Waals surface area contributed by atoms with Gasteiger partial charge in [-0.05, 0) is 30.5 Å². The van der Waals surface area contributed by atoms with Gasteiger partial charge < -0.3 is 10.2 Å². The first-order valence-electron chi connectivity index (χ1n) is 6.36. The first-order chi connectivity index (χ1) is 9.44. The number of rotatable bonds is 7. The molecule has 110 valence electrons. The molecule has 1 aromatic rings. The third-order valence-corrected chi connectivity index (χ3v) is 5.05. The minimum atomic E-state index is -3.54. The van der Waals surface area contributed by atoms with Crippen LogP contribution in [0.2, 0.25) is 0 Å². The molecule has 1 fully saturated rings. The number of nitrogens with zero attached hydrogens (tertiary/aromatic N) is 1. The lowest BCUT2D eigenvalue weighted by Crippen LogP contribution is -2.36. The van der Waals surface area contributed by atoms with E-state index < -0.39 is 16.0 Å². The van der Waals surface area contributed by atoms with Gasteiger partial charge in [-0.25, -0.2) is 13.2 Å². The Balaban J connectivity index is 2.18. The summed E-state index contributed by atoms with van der Waals surface area (Å²) in [4.78, 5) is 10.9. The summed E-state index contributed by atoms with van der Waals surface area (Å²) in [5, 5.41) is 17.9. The topological polar surface area (TPSA) is 94.9 Å². The van der Waals surface area contributed by atoms with Crippen molar-refractivity contribution >= 4 is 16.0 Å². The van der Waals surface area contributed by atoms with E-state index in [1.807, 2.05) is 0 Å². The van der Waals surface area contributed by atoms with Crippen LogP contribution in [0.25, 0.3) is 0 Å². The smallest absolute Gasteiger partial charge is 0.335 e. The molecule has 0 radical (unpaired) electrons. The van der Waals surface area contributed by atoms with E-state index in [1.165, 1.54) is 22.5 Å². The number of carboxylic acid groups (broad SMARTS) is 1. The van der Waals surface area contributed by atoms with Crippen LogP contribution in [-0.4, -0.2) is 48.1 Å². The molecule has 7 heteroatoms. The van der Waals surface area contributed by atoms with Gasteiger partial charge in [-0.1, -0.05) is 12.1 Å². The van der Waals surface area contributed by atoms with Crippen molar-refractivity contribution in [2.45, 2.75) is 24.6 Å². The summed E-state index contributed by atoms with van der Waals surface area (Å²) in [5.41, 5.74) is 0.506. The molecule has 1 aromatic carbocycles. The van der Waals surface area contributed by atoms with Crippen LogP contribution in [0.4, 0.5) is 0 Å². The van der Waals surface area contributed by atoms with Crippen LogP contribution in [0.5, 0.6) is 0 Å². The Morgan fingerprint density at radius 3 is 2.60 bits per heavy atom. The molecule has 0 spiro atoms. The number of aliphatic hydroxyl groups excluding tert-OH is 1. The third-order valence-electron chi connectivity index (χ3n) is 3.15. The lowest BCUT2D eigenvalue weighted by molar-refractivity contribution is 0.0696. The van der Waals surface area contributed by atoms with Gasteiger partial charge in [-0.15, -0.1) is 0 Å². The number of hydrogen-bond acceptors (Lipinski definition) is 4. The quantitative estimate of drug-likeness (QED) is 0.771. The van der Waals surface area contributed by atoms with Crippen molar-refractivity contribution in [2.24, 2.45) is 0 Å². The third kappa shape index (κ3) is 3.56. The summed E-state index contributed by atoms with van der Waals surface area (Å²) >= 11 is 0. The summed E-state index contributed by atoms with van der Waals surface area (Å²) in [6.07, 6.45) is 1.63. The Morgan fingerprint density at radius 1 is 1.35 bits per heavy atom. The predicted molar refractivity (Wildman–Crippen MR) is 72.8 cm³/mol. The van der Waals surface area contributed by atoms with Crippen molar-refractivity contribution in [3.05, 3.63) is 35.4 Å². The van der Waals surface area contributed by atoms with Gasteiger partial charge in [0.15, 0.2) is 0 Å². The van der Waals surface area contributed by atoms with Gasteiger partial charge in [0.1, 0.15) is 0 Å². The molecule has 1 saturated carbocycles. The van der Waals surface area contributed by atoms with E-state index in [-0.39, 0.29) is 30.5 Å². The molecular weight excluding hydrogens is 282 g/mol. The van der Waals surface area contributed by atoms with Crippen LogP contribution >= 0.6 is 0 Å². The molecule has 1 aliphatic rings. The summed E-state index contributed by atoms with van der Waals surface area (Å²) in [6, 6.07) is 5.89. The van der Waals surface area contributed by atoms with Crippen LogP contribution in [0, 0.1) is 0 Å². The average molecular weight is 299 g/mol. The van der Waals surface area contributed by atoms with Gasteiger partial charge in [0.05, 0.1) is 17.9 Å². The Kier molecular flexibility index (Phi) is 4.42. The van der Waals surface area contributed by atoms with E-state index in [0.717, 1.165) is 12.8 Å². The molecule has 0 aliphatic heterocycles. The van der Waals surface area contributed by atoms with Crippen molar-refractivity contribution in [2.75, 3.05) is 13.2 Å². The number of aliphatic hydroxyl groups is 1. The summed E-state index contributed by atoms with van der Waals surface area (Å²) in [5.74, 6) is -1.33. The fraction of sp³-hybridized carbons (Fsp3) is 0.462. The van der Waals surface area contributed by atoms with Crippen LogP contribution in [-0.2, 0) is 15.8 Å². The number of carbonyl (C=O) groups is 1. The number of aromatic carboxylic acids is 1. The Bertz CT molecular complexity index is 595. The second-order valence-corrected chi connectivity index (χ2v) is 6.75. The summed E-state index contributed by atoms with van der Waals surface area (Å²) in [7, 11) is -3.54. The largest absolute Gasteiger partial charge is 0.478 e. The molecule has 0 bridgehead atoms. The van der Waals surface area contributed by atoms with Crippen molar-refractivity contribution in [3.63, 3.8) is 0 Å². The maximum atomic E-state index is 12.3. The molecular formula is C13H17NO5S. The molecule has 1 aliphatic carbocycles. The van der Waals surface area contributed by atoms with Gasteiger partial charge in [-0.3, -0.25) is 0 Å². The van der Waals surface area contributed by atoms with Crippen molar-refractivity contribution in [1.82, 2.24) is 4.31 Å². The lowest BCUT2D eigenvalue weighted by atomic mass is 10.1. The molecule has 0 unspecified atom stereocenters. The van der Waals surface area contributed by atoms with Crippen molar-refractivity contribution < 1.29 is 23.4 Å². The van der Waals surface area contributed by atoms with Gasteiger partial charge in [-0.2, -0.15) is 4.31 Å². The summed E-state index contributed by atoms with van der Waals surface area (Å²) in [6.45, 7) is -0.128. The van der Waals surface area contributed by atoms with E-state index in [0.29, 0.717) is 5.56 Å². The van der Waals surface area contributed by atoms with E-state index in [2.05, 4.69) is 0 Å². The van der Waals surface area contributed by atoms with Gasteiger partial charge in [0.25, 0.3) is 0 Å². The maximum Gasteiger partial charge on any atom is 0.335 e. The molecule has 0 aromatic heterocycles. The maximum absolute atomic E-state index is 12.3. The fourth-order valence-electron chi connectivity index (χ4n) is 2.10. The van der Waals surface area contributed by atoms with Crippen molar-refractivity contribution in [1.29, 1.82) is 0 Å². The second kappa shape index (κ2) is 5.90. The summed E-state index contributed by atoms with van der Waals surface area (Å²) < 4.78 is 26.0. The molecule has 0 saturated heterocycles. The van der Waals surface area contributed by atoms with Gasteiger partial charge in [0.2, 0.25) is 10.0 Å². The monoisotopic (exact) mass is 299 g/mol. The zero-order valence-corrected chi connectivity index (χ0v) is 11.7. The lowest BCUT2D eigenvalue weighted by Gasteiger charge is -2.20. The Hall–Kier alpha value is -1.44. The van der Waals surface area contributed by atoms with E-state index >= 15 is 0 Å². The molecule has 0 atom stereocenters. The molecule has 0 amide bonds. The highest BCUT2D eigenvalue weighted by atomic mass is 32.2. The molecule has 0 heterocycles. The van der Waals surface area contributed by atoms with Gasteiger partial charge in [0, 0.05) is 12.6 Å². The van der Waals surface area contributed by atoms with Gasteiger partial charge >= 0.3 is 5.97 Å². The van der Waals surface area contributed by atoms with E-state index in [9.17, 15) is 13.2 Å². The van der Waals surface area contributed by atoms with Crippen LogP contribution in [0.15, 0.2) is 24.3 Å². The van der Waals surface area contributed by atoms with Crippen LogP contribution in [0.1, 0.15) is 28.8 Å². The minimum absolute atomic E-state index is 0.0187. The minimum Gasteiger partial charge on any atom is -0.478 e. The highest BCUT2D eigenvalue weighted by molar-refractivity contribution is 7.88. The molecule has 6 nitrogen and oxygen atoms in total. The molecule has 20 heavy (non-hydrogen) atoms. The number of benzene rings is 1. The first kappa shape index (κ1) is 15.0. The highest BCUT2D eigenvalue weighted by Crippen LogP contribution is 2.30. The second-order valence-electron chi connectivity index (χ2n) is 4.83. The zero-order chi connectivity index (χ0) is 14.8. The van der Waals surface area contributed by atoms with E-state index in [4.69, 9.17) is 10.2 Å². The molecule has 2 rings (SSSR count). The Morgan fingerprint density at radius 2 is 2.05 bits per heavy atom. The van der Waals surface area contributed by atoms with Crippen molar-refractivity contribution in [3.8, 4) is 0 Å². The average Bonchev–Trinajstić information content (AvgIpc) is 3.19. The number of sulfonamides is 1. The number of carboxylic acids is 1. The number of hydrogen-bond donors (Lipinski definition) is 2. The normalized spacial score (nSPS) is 15.5. The van der Waals surface area contributed by atoms with Crippen LogP contribution < -0.4 is 0 Å². The SMILES string of the molecule is O=C(O)c1cccc(CS(=O)(=O)N(CCO)C2CC2)c1. The van der Waals surface area contributed by atoms with E-state index in [1.54, 1.807) is 6.07 Å². The first-order valence-corrected chi connectivity index (χ1v) is 7.97. The zero-order valence-electron chi connectivity index (χ0n) is 10.9. The Labute approximate surface area is 117 Å². The molecule has 2 N–H and O–H groups in total.